The number of nitrogens with zero attached hydrogens (tertiary/aromatic N) is 2. The van der Waals surface area contributed by atoms with Gasteiger partial charge in [-0.15, -0.1) is 0 Å². The lowest BCUT2D eigenvalue weighted by Crippen LogP contribution is -2.17. The van der Waals surface area contributed by atoms with Crippen LogP contribution in [0.5, 0.6) is 0 Å². The molecule has 2 aromatic rings. The van der Waals surface area contributed by atoms with Crippen molar-refractivity contribution in [3.05, 3.63) is 57.5 Å². The van der Waals surface area contributed by atoms with Crippen molar-refractivity contribution in [2.75, 3.05) is 11.9 Å². The quantitative estimate of drug-likeness (QED) is 0.671. The van der Waals surface area contributed by atoms with E-state index in [1.807, 2.05) is 13.0 Å². The number of rotatable bonds is 5. The number of carboxylic acid groups (broad SMARTS) is 1. The number of hydrogen-bond donors (Lipinski definition) is 1. The first kappa shape index (κ1) is 14.6. The third-order valence-electron chi connectivity index (χ3n) is 3.02. The van der Waals surface area contributed by atoms with Crippen LogP contribution in [0.15, 0.2) is 34.7 Å². The molecule has 0 aliphatic heterocycles. The zero-order chi connectivity index (χ0) is 15.6. The Morgan fingerprint density at radius 2 is 2.10 bits per heavy atom. The molecule has 1 aromatic heterocycles. The van der Waals surface area contributed by atoms with Crippen LogP contribution in [-0.2, 0) is 6.54 Å². The molecular weight excluding hydrogens is 276 g/mol. The molecule has 0 spiro atoms. The van der Waals surface area contributed by atoms with E-state index in [4.69, 9.17) is 9.52 Å². The lowest BCUT2D eigenvalue weighted by Gasteiger charge is -2.18. The molecule has 0 unspecified atom stereocenters. The first-order valence-corrected chi connectivity index (χ1v) is 6.16. The highest BCUT2D eigenvalue weighted by Crippen LogP contribution is 2.29. The molecule has 0 bridgehead atoms. The number of benzene rings is 1. The average Bonchev–Trinajstić information content (AvgIpc) is 2.83. The van der Waals surface area contributed by atoms with Gasteiger partial charge in [-0.1, -0.05) is 0 Å². The van der Waals surface area contributed by atoms with Gasteiger partial charge in [-0.3, -0.25) is 10.1 Å². The first-order valence-electron chi connectivity index (χ1n) is 6.16. The van der Waals surface area contributed by atoms with E-state index in [2.05, 4.69) is 0 Å². The van der Waals surface area contributed by atoms with Gasteiger partial charge in [-0.25, -0.2) is 4.79 Å². The lowest BCUT2D eigenvalue weighted by atomic mass is 10.1. The van der Waals surface area contributed by atoms with Gasteiger partial charge in [0.2, 0.25) is 0 Å². The minimum atomic E-state index is -1.20. The fourth-order valence-electron chi connectivity index (χ4n) is 2.01. The van der Waals surface area contributed by atoms with Crippen LogP contribution in [0.2, 0.25) is 0 Å². The first-order chi connectivity index (χ1) is 9.88. The average molecular weight is 290 g/mol. The maximum atomic E-state index is 11.1. The summed E-state index contributed by atoms with van der Waals surface area (Å²) in [5, 5.41) is 20.0. The predicted molar refractivity (Wildman–Crippen MR) is 75.6 cm³/mol. The van der Waals surface area contributed by atoms with E-state index in [9.17, 15) is 14.9 Å². The van der Waals surface area contributed by atoms with Crippen LogP contribution in [0.4, 0.5) is 11.4 Å². The van der Waals surface area contributed by atoms with Gasteiger partial charge in [0.1, 0.15) is 17.2 Å². The third-order valence-corrected chi connectivity index (χ3v) is 3.02. The Kier molecular flexibility index (Phi) is 3.93. The normalized spacial score (nSPS) is 10.4. The smallest absolute Gasteiger partial charge is 0.335 e. The highest BCUT2D eigenvalue weighted by Gasteiger charge is 2.20. The maximum absolute atomic E-state index is 11.1. The second-order valence-corrected chi connectivity index (χ2v) is 4.63. The molecule has 0 saturated carbocycles. The fourth-order valence-corrected chi connectivity index (χ4v) is 2.01. The van der Waals surface area contributed by atoms with Crippen molar-refractivity contribution in [1.82, 2.24) is 0 Å². The molecule has 7 nitrogen and oxygen atoms in total. The number of nitro benzene ring substituents is 1. The Hall–Kier alpha value is -2.83. The standard InChI is InChI=1S/C14H14N2O5/c1-9-3-5-11(21-9)8-15(2)12-6-4-10(14(17)18)7-13(12)16(19)20/h3-7H,8H2,1-2H3,(H,17,18). The topological polar surface area (TPSA) is 96.8 Å². The Labute approximate surface area is 120 Å². The Balaban J connectivity index is 2.33. The molecule has 1 heterocycles. The number of nitro groups is 1. The molecule has 7 heteroatoms. The van der Waals surface area contributed by atoms with Crippen molar-refractivity contribution in [3.8, 4) is 0 Å². The zero-order valence-corrected chi connectivity index (χ0v) is 11.6. The summed E-state index contributed by atoms with van der Waals surface area (Å²) in [6.07, 6.45) is 0. The molecule has 0 saturated heterocycles. The summed E-state index contributed by atoms with van der Waals surface area (Å²) in [6.45, 7) is 2.16. The van der Waals surface area contributed by atoms with E-state index in [0.717, 1.165) is 11.8 Å². The van der Waals surface area contributed by atoms with Crippen molar-refractivity contribution in [2.45, 2.75) is 13.5 Å². The minimum Gasteiger partial charge on any atom is -0.478 e. The molecule has 2 rings (SSSR count). The summed E-state index contributed by atoms with van der Waals surface area (Å²) in [5.41, 5.74) is -0.0348. The zero-order valence-electron chi connectivity index (χ0n) is 11.6. The van der Waals surface area contributed by atoms with Crippen molar-refractivity contribution < 1.29 is 19.2 Å². The van der Waals surface area contributed by atoms with Crippen molar-refractivity contribution in [3.63, 3.8) is 0 Å². The minimum absolute atomic E-state index is 0.118. The number of carbonyl (C=O) groups is 1. The highest BCUT2D eigenvalue weighted by atomic mass is 16.6. The second kappa shape index (κ2) is 5.66. The Morgan fingerprint density at radius 1 is 1.38 bits per heavy atom. The number of carboxylic acids is 1. The van der Waals surface area contributed by atoms with Crippen molar-refractivity contribution in [1.29, 1.82) is 0 Å². The third kappa shape index (κ3) is 3.19. The molecule has 0 atom stereocenters. The van der Waals surface area contributed by atoms with Crippen LogP contribution in [0.1, 0.15) is 21.9 Å². The summed E-state index contributed by atoms with van der Waals surface area (Å²) in [7, 11) is 1.68. The molecule has 0 radical (unpaired) electrons. The van der Waals surface area contributed by atoms with E-state index in [-0.39, 0.29) is 11.3 Å². The van der Waals surface area contributed by atoms with Crippen LogP contribution in [0.25, 0.3) is 0 Å². The molecule has 0 aliphatic carbocycles. The largest absolute Gasteiger partial charge is 0.478 e. The molecule has 0 fully saturated rings. The van der Waals surface area contributed by atoms with Gasteiger partial charge in [-0.05, 0) is 31.2 Å². The van der Waals surface area contributed by atoms with Crippen LogP contribution < -0.4 is 4.90 Å². The molecule has 1 aromatic carbocycles. The van der Waals surface area contributed by atoms with Crippen molar-refractivity contribution in [2.24, 2.45) is 0 Å². The Bertz CT molecular complexity index is 692. The lowest BCUT2D eigenvalue weighted by molar-refractivity contribution is -0.384. The van der Waals surface area contributed by atoms with Gasteiger partial charge in [0.15, 0.2) is 0 Å². The van der Waals surface area contributed by atoms with Crippen LogP contribution in [0, 0.1) is 17.0 Å². The maximum Gasteiger partial charge on any atom is 0.335 e. The number of aromatic carboxylic acids is 1. The number of hydrogen-bond acceptors (Lipinski definition) is 5. The number of furan rings is 1. The van der Waals surface area contributed by atoms with Crippen LogP contribution in [-0.4, -0.2) is 23.0 Å². The molecule has 21 heavy (non-hydrogen) atoms. The van der Waals surface area contributed by atoms with Gasteiger partial charge in [0, 0.05) is 13.1 Å². The number of anilines is 1. The highest BCUT2D eigenvalue weighted by molar-refractivity contribution is 5.89. The van der Waals surface area contributed by atoms with Gasteiger partial charge in [0.05, 0.1) is 17.0 Å². The molecule has 0 aliphatic rings. The van der Waals surface area contributed by atoms with Gasteiger partial charge >= 0.3 is 5.97 Å². The summed E-state index contributed by atoms with van der Waals surface area (Å²) >= 11 is 0. The second-order valence-electron chi connectivity index (χ2n) is 4.63. The summed E-state index contributed by atoms with van der Waals surface area (Å²) in [5.74, 6) is 0.231. The monoisotopic (exact) mass is 290 g/mol. The van der Waals surface area contributed by atoms with Crippen LogP contribution >= 0.6 is 0 Å². The van der Waals surface area contributed by atoms with E-state index in [1.165, 1.54) is 12.1 Å². The van der Waals surface area contributed by atoms with E-state index in [1.54, 1.807) is 18.0 Å². The van der Waals surface area contributed by atoms with E-state index >= 15 is 0 Å². The van der Waals surface area contributed by atoms with E-state index < -0.39 is 10.9 Å². The molecule has 1 N–H and O–H groups in total. The van der Waals surface area contributed by atoms with Gasteiger partial charge < -0.3 is 14.4 Å². The van der Waals surface area contributed by atoms with Crippen LogP contribution in [0.3, 0.4) is 0 Å². The Morgan fingerprint density at radius 3 is 2.62 bits per heavy atom. The SMILES string of the molecule is Cc1ccc(CN(C)c2ccc(C(=O)O)cc2[N+](=O)[O-])o1. The van der Waals surface area contributed by atoms with Gasteiger partial charge in [0.25, 0.3) is 5.69 Å². The van der Waals surface area contributed by atoms with Crippen molar-refractivity contribution >= 4 is 17.3 Å². The fraction of sp³-hybridized carbons (Fsp3) is 0.214. The summed E-state index contributed by atoms with van der Waals surface area (Å²) < 4.78 is 5.43. The molecule has 110 valence electrons. The molecular formula is C14H14N2O5. The van der Waals surface area contributed by atoms with E-state index in [0.29, 0.717) is 18.0 Å². The van der Waals surface area contributed by atoms with Gasteiger partial charge in [-0.2, -0.15) is 0 Å². The number of aryl methyl sites for hydroxylation is 1. The molecule has 0 amide bonds. The summed E-state index contributed by atoms with van der Waals surface area (Å²) in [4.78, 5) is 23.1. The summed E-state index contributed by atoms with van der Waals surface area (Å²) in [6, 6.07) is 7.43. The predicted octanol–water partition coefficient (Wildman–Crippen LogP) is 2.83.